The minimum atomic E-state index is -3.95. The molecule has 9 nitrogen and oxygen atoms in total. The second-order valence-electron chi connectivity index (χ2n) is 8.05. The van der Waals surface area contributed by atoms with Gasteiger partial charge in [0.05, 0.1) is 17.5 Å². The van der Waals surface area contributed by atoms with Crippen molar-refractivity contribution in [2.24, 2.45) is 0 Å². The molecule has 184 valence electrons. The van der Waals surface area contributed by atoms with E-state index in [2.05, 4.69) is 4.72 Å². The van der Waals surface area contributed by atoms with E-state index in [-0.39, 0.29) is 24.5 Å². The van der Waals surface area contributed by atoms with Crippen LogP contribution in [-0.4, -0.2) is 51.5 Å². The van der Waals surface area contributed by atoms with Crippen LogP contribution in [0.15, 0.2) is 59.5 Å². The summed E-state index contributed by atoms with van der Waals surface area (Å²) in [7, 11) is -3.95. The van der Waals surface area contributed by atoms with E-state index >= 15 is 0 Å². The summed E-state index contributed by atoms with van der Waals surface area (Å²) in [5.74, 6) is -1.17. The highest BCUT2D eigenvalue weighted by Gasteiger charge is 2.44. The van der Waals surface area contributed by atoms with E-state index in [0.29, 0.717) is 0 Å². The molecule has 2 aromatic carbocycles. The number of nitrogens with one attached hydrogen (secondary N) is 1. The fourth-order valence-electron chi connectivity index (χ4n) is 3.58. The van der Waals surface area contributed by atoms with Crippen LogP contribution in [0.4, 0.5) is 0 Å². The summed E-state index contributed by atoms with van der Waals surface area (Å²) in [6, 6.07) is 14.9. The van der Waals surface area contributed by atoms with Crippen molar-refractivity contribution in [3.63, 3.8) is 0 Å². The third-order valence-electron chi connectivity index (χ3n) is 5.21. The molecule has 0 saturated carbocycles. The fraction of sp³-hybridized carbons (Fsp3) is 0.417. The molecule has 1 saturated heterocycles. The maximum absolute atomic E-state index is 13.1. The van der Waals surface area contributed by atoms with Crippen LogP contribution in [0.2, 0.25) is 0 Å². The van der Waals surface area contributed by atoms with Crippen LogP contribution >= 0.6 is 0 Å². The van der Waals surface area contributed by atoms with Crippen molar-refractivity contribution in [3.05, 3.63) is 65.7 Å². The fourth-order valence-corrected chi connectivity index (χ4v) is 4.84. The molecule has 4 atom stereocenters. The van der Waals surface area contributed by atoms with Gasteiger partial charge < -0.3 is 18.9 Å². The maximum Gasteiger partial charge on any atom is 0.303 e. The lowest BCUT2D eigenvalue weighted by atomic mass is 9.99. The summed E-state index contributed by atoms with van der Waals surface area (Å²) in [6.07, 6.45) is -2.73. The zero-order valence-corrected chi connectivity index (χ0v) is 20.1. The van der Waals surface area contributed by atoms with Crippen LogP contribution in [0.25, 0.3) is 0 Å². The first-order valence-electron chi connectivity index (χ1n) is 10.8. The Kier molecular flexibility index (Phi) is 8.78. The predicted molar refractivity (Wildman–Crippen MR) is 122 cm³/mol. The first kappa shape index (κ1) is 25.8. The highest BCUT2D eigenvalue weighted by molar-refractivity contribution is 7.89. The highest BCUT2D eigenvalue weighted by atomic mass is 32.2. The maximum atomic E-state index is 13.1. The van der Waals surface area contributed by atoms with Gasteiger partial charge in [0.1, 0.15) is 18.8 Å². The number of hydrogen-bond donors (Lipinski definition) is 1. The average molecular weight is 492 g/mol. The topological polar surface area (TPSA) is 117 Å². The number of esters is 2. The molecular formula is C24H29NO8S. The molecule has 0 aromatic heterocycles. The number of ether oxygens (including phenoxy) is 4. The third kappa shape index (κ3) is 7.36. The number of carbonyl (C=O) groups is 2. The molecule has 3 rings (SSSR count). The Morgan fingerprint density at radius 2 is 1.71 bits per heavy atom. The SMILES string of the molecule is CC(=O)OC[C@H]1O[C@H](OCc2ccccc2)C[C@H](NS(=O)(=O)c2ccc(C)cc2)[C@@H]1OC(C)=O. The summed E-state index contributed by atoms with van der Waals surface area (Å²) < 4.78 is 51.1. The number of carbonyl (C=O) groups excluding carboxylic acids is 2. The Labute approximate surface area is 199 Å². The third-order valence-corrected chi connectivity index (χ3v) is 6.71. The normalized spacial score (nSPS) is 22.7. The lowest BCUT2D eigenvalue weighted by Crippen LogP contribution is -2.58. The van der Waals surface area contributed by atoms with Gasteiger partial charge >= 0.3 is 11.9 Å². The first-order valence-corrected chi connectivity index (χ1v) is 12.3. The molecule has 1 fully saturated rings. The number of rotatable bonds is 9. The Balaban J connectivity index is 1.84. The van der Waals surface area contributed by atoms with Crippen LogP contribution in [0.1, 0.15) is 31.4 Å². The van der Waals surface area contributed by atoms with Gasteiger partial charge in [-0.2, -0.15) is 0 Å². The Hall–Kier alpha value is -2.79. The molecule has 2 aromatic rings. The van der Waals surface area contributed by atoms with E-state index in [1.807, 2.05) is 37.3 Å². The number of hydrogen-bond acceptors (Lipinski definition) is 8. The van der Waals surface area contributed by atoms with Gasteiger partial charge in [0, 0.05) is 20.3 Å². The van der Waals surface area contributed by atoms with Crippen LogP contribution in [0, 0.1) is 6.92 Å². The summed E-state index contributed by atoms with van der Waals surface area (Å²) >= 11 is 0. The van der Waals surface area contributed by atoms with Crippen molar-refractivity contribution in [3.8, 4) is 0 Å². The van der Waals surface area contributed by atoms with Crippen molar-refractivity contribution in [2.75, 3.05) is 6.61 Å². The molecule has 0 aliphatic carbocycles. The van der Waals surface area contributed by atoms with Crippen molar-refractivity contribution < 1.29 is 37.0 Å². The van der Waals surface area contributed by atoms with E-state index in [1.165, 1.54) is 26.0 Å². The lowest BCUT2D eigenvalue weighted by molar-refractivity contribution is -0.247. The Bertz CT molecular complexity index is 1070. The molecule has 1 aliphatic heterocycles. The standard InChI is InChI=1S/C24H29NO8S/c1-16-9-11-20(12-10-16)34(28,29)25-21-13-23(31-14-19-7-5-4-6-8-19)33-22(15-30-17(2)26)24(21)32-18(3)27/h4-12,21-25H,13-15H2,1-3H3/t21-,22+,23-,24-/m0/s1. The monoisotopic (exact) mass is 491 g/mol. The molecule has 0 unspecified atom stereocenters. The van der Waals surface area contributed by atoms with E-state index in [0.717, 1.165) is 11.1 Å². The van der Waals surface area contributed by atoms with Crippen LogP contribution in [-0.2, 0) is 45.2 Å². The average Bonchev–Trinajstić information content (AvgIpc) is 2.78. The molecule has 0 spiro atoms. The molecule has 0 radical (unpaired) electrons. The van der Waals surface area contributed by atoms with Gasteiger partial charge in [-0.1, -0.05) is 48.0 Å². The minimum absolute atomic E-state index is 0.0736. The van der Waals surface area contributed by atoms with Crippen molar-refractivity contribution in [2.45, 2.75) is 63.2 Å². The molecule has 1 N–H and O–H groups in total. The van der Waals surface area contributed by atoms with E-state index < -0.39 is 46.5 Å². The van der Waals surface area contributed by atoms with Crippen LogP contribution in [0.5, 0.6) is 0 Å². The summed E-state index contributed by atoms with van der Waals surface area (Å²) in [6.45, 7) is 4.30. The largest absolute Gasteiger partial charge is 0.463 e. The van der Waals surface area contributed by atoms with Crippen molar-refractivity contribution in [1.82, 2.24) is 4.72 Å². The van der Waals surface area contributed by atoms with Crippen molar-refractivity contribution >= 4 is 22.0 Å². The quantitative estimate of drug-likeness (QED) is 0.532. The number of sulfonamides is 1. The summed E-state index contributed by atoms with van der Waals surface area (Å²) in [5, 5.41) is 0. The minimum Gasteiger partial charge on any atom is -0.463 e. The van der Waals surface area contributed by atoms with E-state index in [1.54, 1.807) is 12.1 Å². The zero-order chi connectivity index (χ0) is 24.7. The van der Waals surface area contributed by atoms with Gasteiger partial charge in [0.2, 0.25) is 10.0 Å². The Morgan fingerprint density at radius 3 is 2.32 bits per heavy atom. The van der Waals surface area contributed by atoms with Gasteiger partial charge in [-0.25, -0.2) is 13.1 Å². The van der Waals surface area contributed by atoms with Crippen LogP contribution in [0.3, 0.4) is 0 Å². The molecule has 1 heterocycles. The zero-order valence-electron chi connectivity index (χ0n) is 19.3. The van der Waals surface area contributed by atoms with E-state index in [9.17, 15) is 18.0 Å². The van der Waals surface area contributed by atoms with Gasteiger partial charge in [-0.15, -0.1) is 0 Å². The van der Waals surface area contributed by atoms with E-state index in [4.69, 9.17) is 18.9 Å². The molecule has 1 aliphatic rings. The Morgan fingerprint density at radius 1 is 1.03 bits per heavy atom. The molecule has 10 heteroatoms. The number of benzene rings is 2. The second kappa shape index (κ2) is 11.6. The first-order chi connectivity index (χ1) is 16.1. The predicted octanol–water partition coefficient (Wildman–Crippen LogP) is 2.47. The van der Waals surface area contributed by atoms with Gasteiger partial charge in [-0.3, -0.25) is 9.59 Å². The lowest BCUT2D eigenvalue weighted by Gasteiger charge is -2.40. The molecule has 0 bridgehead atoms. The van der Waals surface area contributed by atoms with Crippen LogP contribution < -0.4 is 4.72 Å². The number of aryl methyl sites for hydroxylation is 1. The summed E-state index contributed by atoms with van der Waals surface area (Å²) in [4.78, 5) is 23.3. The van der Waals surface area contributed by atoms with Crippen molar-refractivity contribution in [1.29, 1.82) is 0 Å². The second-order valence-corrected chi connectivity index (χ2v) is 9.77. The van der Waals surface area contributed by atoms with Gasteiger partial charge in [0.15, 0.2) is 6.29 Å². The highest BCUT2D eigenvalue weighted by Crippen LogP contribution is 2.27. The molecule has 34 heavy (non-hydrogen) atoms. The molecular weight excluding hydrogens is 462 g/mol. The summed E-state index contributed by atoms with van der Waals surface area (Å²) in [5.41, 5.74) is 1.82. The molecule has 0 amide bonds. The van der Waals surface area contributed by atoms with Gasteiger partial charge in [-0.05, 0) is 24.6 Å². The van der Waals surface area contributed by atoms with Gasteiger partial charge in [0.25, 0.3) is 0 Å². The smallest absolute Gasteiger partial charge is 0.303 e.